The van der Waals surface area contributed by atoms with E-state index in [1.165, 1.54) is 7.05 Å². The van der Waals surface area contributed by atoms with Crippen LogP contribution in [0.2, 0.25) is 0 Å². The number of aromatic nitrogens is 3. The van der Waals surface area contributed by atoms with Gasteiger partial charge in [-0.2, -0.15) is 13.2 Å². The third-order valence-corrected chi connectivity index (χ3v) is 2.40. The van der Waals surface area contributed by atoms with E-state index in [9.17, 15) is 13.2 Å². The molecule has 0 aromatic carbocycles. The maximum Gasteiger partial charge on any atom is 0.409 e. The number of halogens is 4. The molecule has 8 heteroatoms. The fourth-order valence-corrected chi connectivity index (χ4v) is 1.77. The lowest BCUT2D eigenvalue weighted by atomic mass is 10.2. The topological polar surface area (TPSA) is 42.7 Å². The van der Waals surface area contributed by atoms with E-state index in [4.69, 9.17) is 0 Å². The van der Waals surface area contributed by atoms with Crippen LogP contribution >= 0.6 is 15.9 Å². The van der Waals surface area contributed by atoms with Gasteiger partial charge < -0.3 is 5.32 Å². The normalized spacial score (nSPS) is 14.3. The number of hydrogen-bond donors (Lipinski definition) is 1. The molecule has 4 nitrogen and oxygen atoms in total. The van der Waals surface area contributed by atoms with Crippen molar-refractivity contribution in [2.75, 3.05) is 6.54 Å². The molecule has 1 aromatic heterocycles. The molecule has 0 aliphatic heterocycles. The van der Waals surface area contributed by atoms with E-state index in [1.807, 2.05) is 0 Å². The van der Waals surface area contributed by atoms with Crippen LogP contribution in [0.4, 0.5) is 13.2 Å². The maximum absolute atomic E-state index is 12.7. The summed E-state index contributed by atoms with van der Waals surface area (Å²) in [6, 6.07) is -1.75. The number of nitrogens with zero attached hydrogens (tertiary/aromatic N) is 3. The van der Waals surface area contributed by atoms with E-state index in [2.05, 4.69) is 31.6 Å². The maximum atomic E-state index is 12.7. The summed E-state index contributed by atoms with van der Waals surface area (Å²) in [5.74, 6) is 0. The molecule has 0 aliphatic rings. The Morgan fingerprint density at radius 2 is 2.13 bits per heavy atom. The quantitative estimate of drug-likeness (QED) is 0.921. The molecular weight excluding hydrogens is 277 g/mol. The van der Waals surface area contributed by atoms with Crippen molar-refractivity contribution in [3.8, 4) is 0 Å². The fourth-order valence-electron chi connectivity index (χ4n) is 1.22. The molecule has 0 amide bonds. The Labute approximate surface area is 93.0 Å². The summed E-state index contributed by atoms with van der Waals surface area (Å²) in [4.78, 5) is 0. The minimum atomic E-state index is -4.37. The minimum absolute atomic E-state index is 0.0237. The Hall–Kier alpha value is -0.630. The largest absolute Gasteiger partial charge is 0.409 e. The zero-order chi connectivity index (χ0) is 11.6. The van der Waals surface area contributed by atoms with Crippen molar-refractivity contribution in [1.29, 1.82) is 0 Å². The highest BCUT2D eigenvalue weighted by molar-refractivity contribution is 9.10. The van der Waals surface area contributed by atoms with Crippen LogP contribution < -0.4 is 5.32 Å². The Kier molecular flexibility index (Phi) is 3.72. The lowest BCUT2D eigenvalue weighted by Gasteiger charge is -2.20. The lowest BCUT2D eigenvalue weighted by Crippen LogP contribution is -2.35. The molecule has 0 bridgehead atoms. The molecule has 1 atom stereocenters. The monoisotopic (exact) mass is 286 g/mol. The predicted octanol–water partition coefficient (Wildman–Crippen LogP) is 1.79. The van der Waals surface area contributed by atoms with Gasteiger partial charge in [0.1, 0.15) is 6.04 Å². The highest BCUT2D eigenvalue weighted by Gasteiger charge is 2.43. The molecule has 1 N–H and O–H groups in total. The van der Waals surface area contributed by atoms with E-state index in [1.54, 1.807) is 6.92 Å². The van der Waals surface area contributed by atoms with Crippen molar-refractivity contribution in [3.63, 3.8) is 0 Å². The molecule has 86 valence electrons. The number of nitrogens with one attached hydrogen (secondary N) is 1. The van der Waals surface area contributed by atoms with Gasteiger partial charge in [-0.1, -0.05) is 12.1 Å². The van der Waals surface area contributed by atoms with Gasteiger partial charge in [-0.15, -0.1) is 5.10 Å². The third kappa shape index (κ3) is 2.69. The van der Waals surface area contributed by atoms with Crippen molar-refractivity contribution >= 4 is 15.9 Å². The van der Waals surface area contributed by atoms with E-state index < -0.39 is 12.2 Å². The van der Waals surface area contributed by atoms with Crippen molar-refractivity contribution in [3.05, 3.63) is 10.3 Å². The van der Waals surface area contributed by atoms with E-state index in [0.29, 0.717) is 0 Å². The summed E-state index contributed by atoms with van der Waals surface area (Å²) in [5, 5.41) is 9.39. The Morgan fingerprint density at radius 3 is 2.47 bits per heavy atom. The van der Waals surface area contributed by atoms with Crippen molar-refractivity contribution in [2.24, 2.45) is 7.05 Å². The SMILES string of the molecule is CCNC(c1c(Br)nnn1C)C(F)(F)F. The smallest absolute Gasteiger partial charge is 0.301 e. The number of rotatable bonds is 3. The first-order valence-electron chi connectivity index (χ1n) is 4.23. The Morgan fingerprint density at radius 1 is 1.53 bits per heavy atom. The second kappa shape index (κ2) is 4.48. The molecule has 0 aliphatic carbocycles. The van der Waals surface area contributed by atoms with Crippen LogP contribution in [0.5, 0.6) is 0 Å². The van der Waals surface area contributed by atoms with E-state index in [0.717, 1.165) is 4.68 Å². The molecule has 15 heavy (non-hydrogen) atoms. The molecule has 0 saturated heterocycles. The molecule has 1 aromatic rings. The molecule has 1 unspecified atom stereocenters. The molecule has 1 heterocycles. The first kappa shape index (κ1) is 12.4. The highest BCUT2D eigenvalue weighted by atomic mass is 79.9. The number of alkyl halides is 3. The molecule has 0 fully saturated rings. The zero-order valence-electron chi connectivity index (χ0n) is 8.14. The number of aryl methyl sites for hydroxylation is 1. The molecule has 0 saturated carbocycles. The van der Waals surface area contributed by atoms with Gasteiger partial charge in [0.2, 0.25) is 0 Å². The van der Waals surface area contributed by atoms with Crippen molar-refractivity contribution in [1.82, 2.24) is 20.3 Å². The summed E-state index contributed by atoms with van der Waals surface area (Å²) in [6.07, 6.45) is -4.37. The number of hydrogen-bond acceptors (Lipinski definition) is 3. The van der Waals surface area contributed by atoms with Crippen molar-refractivity contribution < 1.29 is 13.2 Å². The van der Waals surface area contributed by atoms with Gasteiger partial charge in [0.15, 0.2) is 4.60 Å². The van der Waals surface area contributed by atoms with Crippen LogP contribution in [0.15, 0.2) is 4.60 Å². The van der Waals surface area contributed by atoms with Gasteiger partial charge in [0.05, 0.1) is 5.69 Å². The average molecular weight is 287 g/mol. The third-order valence-electron chi connectivity index (χ3n) is 1.84. The van der Waals surface area contributed by atoms with E-state index >= 15 is 0 Å². The minimum Gasteiger partial charge on any atom is -0.301 e. The standard InChI is InChI=1S/C7H10BrF3N4/c1-3-12-5(7(9,10)11)4-6(8)13-14-15(4)2/h5,12H,3H2,1-2H3. The summed E-state index contributed by atoms with van der Waals surface area (Å²) < 4.78 is 39.2. The first-order valence-corrected chi connectivity index (χ1v) is 5.02. The van der Waals surface area contributed by atoms with Crippen molar-refractivity contribution in [2.45, 2.75) is 19.1 Å². The summed E-state index contributed by atoms with van der Waals surface area (Å²) in [7, 11) is 1.42. The summed E-state index contributed by atoms with van der Waals surface area (Å²) >= 11 is 2.95. The molecule has 0 spiro atoms. The zero-order valence-corrected chi connectivity index (χ0v) is 9.72. The van der Waals surface area contributed by atoms with Gasteiger partial charge >= 0.3 is 6.18 Å². The summed E-state index contributed by atoms with van der Waals surface area (Å²) in [5.41, 5.74) is -0.0237. The summed E-state index contributed by atoms with van der Waals surface area (Å²) in [6.45, 7) is 1.82. The van der Waals surface area contributed by atoms with Crippen LogP contribution in [0.3, 0.4) is 0 Å². The highest BCUT2D eigenvalue weighted by Crippen LogP contribution is 2.34. The van der Waals surface area contributed by atoms with Gasteiger partial charge in [-0.3, -0.25) is 0 Å². The second-order valence-corrected chi connectivity index (χ2v) is 3.67. The lowest BCUT2D eigenvalue weighted by molar-refractivity contribution is -0.159. The second-order valence-electron chi connectivity index (χ2n) is 2.92. The van der Waals surface area contributed by atoms with Crippen LogP contribution in [0.1, 0.15) is 18.7 Å². The Balaban J connectivity index is 3.10. The van der Waals surface area contributed by atoms with E-state index in [-0.39, 0.29) is 16.8 Å². The van der Waals surface area contributed by atoms with Crippen LogP contribution in [0, 0.1) is 0 Å². The fraction of sp³-hybridized carbons (Fsp3) is 0.714. The van der Waals surface area contributed by atoms with Crippen LogP contribution in [0.25, 0.3) is 0 Å². The van der Waals surface area contributed by atoms with Gasteiger partial charge in [-0.25, -0.2) is 4.68 Å². The molecular formula is C7H10BrF3N4. The van der Waals surface area contributed by atoms with Crippen LogP contribution in [-0.4, -0.2) is 27.7 Å². The van der Waals surface area contributed by atoms with Gasteiger partial charge in [-0.05, 0) is 22.5 Å². The molecule has 1 rings (SSSR count). The Bertz CT molecular complexity index is 316. The predicted molar refractivity (Wildman–Crippen MR) is 51.2 cm³/mol. The molecule has 0 radical (unpaired) electrons. The average Bonchev–Trinajstić information content (AvgIpc) is 2.41. The van der Waals surface area contributed by atoms with Gasteiger partial charge in [0.25, 0.3) is 0 Å². The van der Waals surface area contributed by atoms with Crippen LogP contribution in [-0.2, 0) is 7.05 Å². The van der Waals surface area contributed by atoms with Gasteiger partial charge in [0, 0.05) is 7.05 Å². The first-order chi connectivity index (χ1) is 6.88.